The molecule has 2 saturated heterocycles. The molecule has 1 aromatic heterocycles. The zero-order valence-corrected chi connectivity index (χ0v) is 15.7. The molecule has 3 heterocycles. The van der Waals surface area contributed by atoms with Gasteiger partial charge in [0.25, 0.3) is 0 Å². The number of carbonyl (C=O) groups is 1. The first-order valence-electron chi connectivity index (χ1n) is 9.75. The molecule has 2 aliphatic rings. The summed E-state index contributed by atoms with van der Waals surface area (Å²) in [4.78, 5) is 14.7. The van der Waals surface area contributed by atoms with Crippen LogP contribution in [0.1, 0.15) is 25.3 Å². The van der Waals surface area contributed by atoms with E-state index in [9.17, 15) is 9.18 Å². The molecule has 2 amide bonds. The van der Waals surface area contributed by atoms with Crippen LogP contribution in [0.5, 0.6) is 0 Å². The van der Waals surface area contributed by atoms with Gasteiger partial charge in [-0.25, -0.2) is 13.9 Å². The summed E-state index contributed by atoms with van der Waals surface area (Å²) in [5.41, 5.74) is 6.90. The predicted molar refractivity (Wildman–Crippen MR) is 106 cm³/mol. The maximum atomic E-state index is 13.3. The normalized spacial score (nSPS) is 21.0. The van der Waals surface area contributed by atoms with Crippen molar-refractivity contribution in [2.45, 2.75) is 31.3 Å². The topological polar surface area (TPSA) is 86.2 Å². The summed E-state index contributed by atoms with van der Waals surface area (Å²) in [7, 11) is 0. The molecule has 2 aromatic rings. The summed E-state index contributed by atoms with van der Waals surface area (Å²) in [6.07, 6.45) is 4.83. The molecule has 1 unspecified atom stereocenters. The second-order valence-electron chi connectivity index (χ2n) is 7.34. The number of urea groups is 1. The molecular weight excluding hydrogens is 361 g/mol. The van der Waals surface area contributed by atoms with E-state index < -0.39 is 11.8 Å². The Balaban J connectivity index is 1.31. The molecule has 0 bridgehead atoms. The summed E-state index contributed by atoms with van der Waals surface area (Å²) in [6.45, 7) is 4.11. The monoisotopic (exact) mass is 387 g/mol. The van der Waals surface area contributed by atoms with Gasteiger partial charge in [-0.15, -0.1) is 0 Å². The van der Waals surface area contributed by atoms with Crippen molar-refractivity contribution < 1.29 is 9.18 Å². The van der Waals surface area contributed by atoms with Crippen molar-refractivity contribution >= 4 is 17.5 Å². The van der Waals surface area contributed by atoms with Crippen LogP contribution in [0.3, 0.4) is 0 Å². The van der Waals surface area contributed by atoms with E-state index in [0.29, 0.717) is 17.5 Å². The minimum Gasteiger partial charge on any atom is -0.308 e. The Morgan fingerprint density at radius 3 is 2.82 bits per heavy atom. The fourth-order valence-corrected chi connectivity index (χ4v) is 3.88. The third-order valence-electron chi connectivity index (χ3n) is 5.30. The fourth-order valence-electron chi connectivity index (χ4n) is 3.88. The van der Waals surface area contributed by atoms with Crippen LogP contribution >= 0.6 is 0 Å². The zero-order valence-electron chi connectivity index (χ0n) is 15.7. The van der Waals surface area contributed by atoms with Gasteiger partial charge in [0.05, 0.1) is 12.2 Å². The van der Waals surface area contributed by atoms with E-state index in [1.54, 1.807) is 24.4 Å². The smallest absolute Gasteiger partial charge is 0.308 e. The first kappa shape index (κ1) is 18.9. The lowest BCUT2D eigenvalue weighted by Crippen LogP contribution is -2.44. The van der Waals surface area contributed by atoms with Gasteiger partial charge in [-0.05, 0) is 37.5 Å². The molecule has 4 rings (SSSR count). The minimum atomic E-state index is -0.412. The zero-order chi connectivity index (χ0) is 19.3. The largest absolute Gasteiger partial charge is 0.324 e. The minimum absolute atomic E-state index is 0.255. The van der Waals surface area contributed by atoms with Gasteiger partial charge in [0.15, 0.2) is 0 Å². The van der Waals surface area contributed by atoms with E-state index in [1.807, 2.05) is 4.68 Å². The van der Waals surface area contributed by atoms with Crippen molar-refractivity contribution in [3.8, 4) is 0 Å². The first-order chi connectivity index (χ1) is 13.7. The standard InChI is InChI=1S/C19H26FN7O/c20-14-2-1-3-15(12-14)23-19(28)24-18-5-9-22-27(18)17-6-10-26(11-7-17)13-16-4-8-21-25-16/h1-3,5,9,12,16-17,21,25H,4,6-8,10-11,13H2,(H2,23,24,28). The third kappa shape index (κ3) is 4.67. The van der Waals surface area contributed by atoms with Crippen LogP contribution in [-0.4, -0.2) is 52.9 Å². The fraction of sp³-hybridized carbons (Fsp3) is 0.474. The maximum absolute atomic E-state index is 13.3. The van der Waals surface area contributed by atoms with Gasteiger partial charge in [0.2, 0.25) is 0 Å². The Hall–Kier alpha value is -2.49. The van der Waals surface area contributed by atoms with Gasteiger partial charge >= 0.3 is 6.03 Å². The van der Waals surface area contributed by atoms with Gasteiger partial charge in [0, 0.05) is 44.0 Å². The number of benzene rings is 1. The van der Waals surface area contributed by atoms with E-state index in [2.05, 4.69) is 31.5 Å². The van der Waals surface area contributed by atoms with Crippen molar-refractivity contribution in [3.63, 3.8) is 0 Å². The Morgan fingerprint density at radius 2 is 2.07 bits per heavy atom. The number of nitrogens with one attached hydrogen (secondary N) is 4. The number of hydrogen-bond acceptors (Lipinski definition) is 5. The molecule has 2 aliphatic heterocycles. The molecule has 0 spiro atoms. The Bertz CT molecular complexity index is 797. The van der Waals surface area contributed by atoms with E-state index in [1.165, 1.54) is 12.1 Å². The van der Waals surface area contributed by atoms with Gasteiger partial charge in [0.1, 0.15) is 11.6 Å². The van der Waals surface area contributed by atoms with Crippen LogP contribution in [0.2, 0.25) is 0 Å². The number of hydrazine groups is 1. The lowest BCUT2D eigenvalue weighted by Gasteiger charge is -2.34. The molecule has 0 aliphatic carbocycles. The van der Waals surface area contributed by atoms with E-state index >= 15 is 0 Å². The molecule has 9 heteroatoms. The summed E-state index contributed by atoms with van der Waals surface area (Å²) < 4.78 is 15.2. The van der Waals surface area contributed by atoms with Gasteiger partial charge < -0.3 is 10.2 Å². The number of anilines is 2. The highest BCUT2D eigenvalue weighted by molar-refractivity contribution is 5.99. The van der Waals surface area contributed by atoms with Crippen LogP contribution < -0.4 is 21.5 Å². The highest BCUT2D eigenvalue weighted by Crippen LogP contribution is 2.25. The Kier molecular flexibility index (Phi) is 5.84. The molecule has 1 aromatic carbocycles. The van der Waals surface area contributed by atoms with Crippen LogP contribution in [0.4, 0.5) is 20.7 Å². The first-order valence-corrected chi connectivity index (χ1v) is 9.75. The van der Waals surface area contributed by atoms with Crippen LogP contribution in [-0.2, 0) is 0 Å². The second kappa shape index (κ2) is 8.68. The van der Waals surface area contributed by atoms with Crippen LogP contribution in [0.15, 0.2) is 36.5 Å². The molecule has 2 fully saturated rings. The predicted octanol–water partition coefficient (Wildman–Crippen LogP) is 2.17. The molecule has 150 valence electrons. The number of nitrogens with zero attached hydrogens (tertiary/aromatic N) is 3. The van der Waals surface area contributed by atoms with E-state index in [0.717, 1.165) is 45.4 Å². The van der Waals surface area contributed by atoms with Crippen molar-refractivity contribution in [1.29, 1.82) is 0 Å². The van der Waals surface area contributed by atoms with Crippen molar-refractivity contribution in [1.82, 2.24) is 25.5 Å². The van der Waals surface area contributed by atoms with Gasteiger partial charge in [-0.3, -0.25) is 16.2 Å². The molecule has 28 heavy (non-hydrogen) atoms. The Labute approximate surface area is 163 Å². The average molecular weight is 387 g/mol. The van der Waals surface area contributed by atoms with Crippen LogP contribution in [0, 0.1) is 5.82 Å². The molecule has 0 radical (unpaired) electrons. The lowest BCUT2D eigenvalue weighted by molar-refractivity contribution is 0.168. The summed E-state index contributed by atoms with van der Waals surface area (Å²) in [5, 5.41) is 9.88. The number of aromatic nitrogens is 2. The molecular formula is C19H26FN7O. The quantitative estimate of drug-likeness (QED) is 0.632. The number of hydrogen-bond donors (Lipinski definition) is 4. The number of carbonyl (C=O) groups excluding carboxylic acids is 1. The maximum Gasteiger partial charge on any atom is 0.324 e. The average Bonchev–Trinajstić information content (AvgIpc) is 3.34. The summed E-state index contributed by atoms with van der Waals surface area (Å²) in [6, 6.07) is 7.96. The highest BCUT2D eigenvalue weighted by atomic mass is 19.1. The van der Waals surface area contributed by atoms with Crippen molar-refractivity contribution in [3.05, 3.63) is 42.3 Å². The SMILES string of the molecule is O=C(Nc1cccc(F)c1)Nc1ccnn1C1CCN(CC2CCNN2)CC1. The summed E-state index contributed by atoms with van der Waals surface area (Å²) in [5.74, 6) is 0.257. The molecule has 4 N–H and O–H groups in total. The number of amides is 2. The molecule has 8 nitrogen and oxygen atoms in total. The molecule has 0 saturated carbocycles. The van der Waals surface area contributed by atoms with E-state index in [4.69, 9.17) is 0 Å². The number of rotatable bonds is 5. The second-order valence-corrected chi connectivity index (χ2v) is 7.34. The van der Waals surface area contributed by atoms with E-state index in [-0.39, 0.29) is 6.04 Å². The molecule has 1 atom stereocenters. The van der Waals surface area contributed by atoms with Crippen molar-refractivity contribution in [2.24, 2.45) is 0 Å². The van der Waals surface area contributed by atoms with Gasteiger partial charge in [-0.2, -0.15) is 5.10 Å². The summed E-state index contributed by atoms with van der Waals surface area (Å²) >= 11 is 0. The van der Waals surface area contributed by atoms with Crippen molar-refractivity contribution in [2.75, 3.05) is 36.8 Å². The van der Waals surface area contributed by atoms with Crippen LogP contribution in [0.25, 0.3) is 0 Å². The number of likely N-dealkylation sites (tertiary alicyclic amines) is 1. The number of piperidine rings is 1. The number of halogens is 1. The van der Waals surface area contributed by atoms with Gasteiger partial charge in [-0.1, -0.05) is 6.07 Å². The lowest BCUT2D eigenvalue weighted by atomic mass is 10.0. The Morgan fingerprint density at radius 1 is 1.21 bits per heavy atom. The highest BCUT2D eigenvalue weighted by Gasteiger charge is 2.25. The third-order valence-corrected chi connectivity index (χ3v) is 5.30.